The molecule has 6 heteroatoms. The maximum atomic E-state index is 12.1. The van der Waals surface area contributed by atoms with Crippen molar-refractivity contribution in [3.05, 3.63) is 35.5 Å². The highest BCUT2D eigenvalue weighted by molar-refractivity contribution is 5.78. The Morgan fingerprint density at radius 2 is 2.26 bits per heavy atom. The van der Waals surface area contributed by atoms with Gasteiger partial charge in [0, 0.05) is 24.2 Å². The Hall–Kier alpha value is -2.34. The SMILES string of the molecule is Cc1ccc2c(c1)-c1c(cnn1CC(=O)NCCN(C)C)CO2. The second-order valence-corrected chi connectivity index (χ2v) is 6.12. The van der Waals surface area contributed by atoms with Gasteiger partial charge in [-0.1, -0.05) is 11.6 Å². The maximum absolute atomic E-state index is 12.1. The van der Waals surface area contributed by atoms with Crippen molar-refractivity contribution in [3.63, 3.8) is 0 Å². The highest BCUT2D eigenvalue weighted by atomic mass is 16.5. The number of aromatic nitrogens is 2. The molecular weight excluding hydrogens is 292 g/mol. The summed E-state index contributed by atoms with van der Waals surface area (Å²) in [6, 6.07) is 6.08. The number of aryl methyl sites for hydroxylation is 1. The third kappa shape index (κ3) is 3.37. The first-order chi connectivity index (χ1) is 11.0. The molecule has 1 N–H and O–H groups in total. The lowest BCUT2D eigenvalue weighted by molar-refractivity contribution is -0.121. The van der Waals surface area contributed by atoms with Crippen LogP contribution in [0.15, 0.2) is 24.4 Å². The summed E-state index contributed by atoms with van der Waals surface area (Å²) in [6.07, 6.45) is 1.79. The molecule has 0 spiro atoms. The van der Waals surface area contributed by atoms with E-state index < -0.39 is 0 Å². The van der Waals surface area contributed by atoms with Gasteiger partial charge in [0.15, 0.2) is 0 Å². The van der Waals surface area contributed by atoms with E-state index >= 15 is 0 Å². The predicted octanol–water partition coefficient (Wildman–Crippen LogP) is 1.43. The number of nitrogens with one attached hydrogen (secondary N) is 1. The molecule has 0 radical (unpaired) electrons. The van der Waals surface area contributed by atoms with E-state index in [-0.39, 0.29) is 12.5 Å². The van der Waals surface area contributed by atoms with E-state index in [2.05, 4.69) is 16.5 Å². The van der Waals surface area contributed by atoms with Gasteiger partial charge >= 0.3 is 0 Å². The summed E-state index contributed by atoms with van der Waals surface area (Å²) in [5.41, 5.74) is 4.16. The van der Waals surface area contributed by atoms with Crippen LogP contribution in [0.4, 0.5) is 0 Å². The van der Waals surface area contributed by atoms with E-state index in [1.54, 1.807) is 10.9 Å². The van der Waals surface area contributed by atoms with Gasteiger partial charge in [-0.15, -0.1) is 0 Å². The van der Waals surface area contributed by atoms with Crippen molar-refractivity contribution in [1.29, 1.82) is 0 Å². The molecule has 2 aromatic rings. The Balaban J connectivity index is 1.79. The minimum Gasteiger partial charge on any atom is -0.488 e. The number of fused-ring (bicyclic) bond motifs is 3. The van der Waals surface area contributed by atoms with Crippen LogP contribution in [0.3, 0.4) is 0 Å². The van der Waals surface area contributed by atoms with Gasteiger partial charge < -0.3 is 15.0 Å². The summed E-state index contributed by atoms with van der Waals surface area (Å²) in [7, 11) is 3.96. The maximum Gasteiger partial charge on any atom is 0.241 e. The van der Waals surface area contributed by atoms with Gasteiger partial charge in [0.05, 0.1) is 11.9 Å². The number of likely N-dealkylation sites (N-methyl/N-ethyl adjacent to an activating group) is 1. The van der Waals surface area contributed by atoms with Crippen molar-refractivity contribution in [2.45, 2.75) is 20.1 Å². The number of hydrogen-bond donors (Lipinski definition) is 1. The number of rotatable bonds is 5. The van der Waals surface area contributed by atoms with Crippen LogP contribution >= 0.6 is 0 Å². The number of hydrogen-bond acceptors (Lipinski definition) is 4. The summed E-state index contributed by atoms with van der Waals surface area (Å²) in [5.74, 6) is 0.816. The van der Waals surface area contributed by atoms with E-state index in [1.165, 1.54) is 0 Å². The van der Waals surface area contributed by atoms with Gasteiger partial charge in [0.1, 0.15) is 18.9 Å². The molecule has 23 heavy (non-hydrogen) atoms. The van der Waals surface area contributed by atoms with Crippen LogP contribution in [0.2, 0.25) is 0 Å². The molecule has 1 amide bonds. The Bertz CT molecular complexity index is 721. The molecule has 0 fully saturated rings. The standard InChI is InChI=1S/C17H22N4O2/c1-12-4-5-15-14(8-12)17-13(11-23-15)9-19-21(17)10-16(22)18-6-7-20(2)3/h4-5,8-9H,6-7,10-11H2,1-3H3,(H,18,22). The van der Waals surface area contributed by atoms with Crippen LogP contribution in [0.5, 0.6) is 5.75 Å². The zero-order valence-corrected chi connectivity index (χ0v) is 13.8. The number of ether oxygens (including phenoxy) is 1. The van der Waals surface area contributed by atoms with Gasteiger partial charge in [-0.05, 0) is 33.2 Å². The fourth-order valence-corrected chi connectivity index (χ4v) is 2.68. The third-order valence-corrected chi connectivity index (χ3v) is 3.86. The molecule has 1 aromatic carbocycles. The van der Waals surface area contributed by atoms with Crippen LogP contribution in [0, 0.1) is 6.92 Å². The highest BCUT2D eigenvalue weighted by Gasteiger charge is 2.23. The molecule has 0 saturated heterocycles. The van der Waals surface area contributed by atoms with E-state index in [1.807, 2.05) is 38.1 Å². The van der Waals surface area contributed by atoms with Crippen molar-refractivity contribution in [1.82, 2.24) is 20.0 Å². The molecule has 1 aromatic heterocycles. The Morgan fingerprint density at radius 1 is 1.43 bits per heavy atom. The van der Waals surface area contributed by atoms with Gasteiger partial charge in [-0.3, -0.25) is 9.48 Å². The predicted molar refractivity (Wildman–Crippen MR) is 88.3 cm³/mol. The van der Waals surface area contributed by atoms with Crippen molar-refractivity contribution < 1.29 is 9.53 Å². The average Bonchev–Trinajstić information content (AvgIpc) is 2.90. The molecule has 0 unspecified atom stereocenters. The molecule has 1 aliphatic heterocycles. The summed E-state index contributed by atoms with van der Waals surface area (Å²) in [5, 5.41) is 7.30. The quantitative estimate of drug-likeness (QED) is 0.907. The zero-order chi connectivity index (χ0) is 16.4. The largest absolute Gasteiger partial charge is 0.488 e. The Morgan fingerprint density at radius 3 is 3.04 bits per heavy atom. The molecule has 6 nitrogen and oxygen atoms in total. The van der Waals surface area contributed by atoms with Gasteiger partial charge in [0.2, 0.25) is 5.91 Å². The number of carbonyl (C=O) groups excluding carboxylic acids is 1. The van der Waals surface area contributed by atoms with Crippen molar-refractivity contribution in [2.75, 3.05) is 27.2 Å². The van der Waals surface area contributed by atoms with E-state index in [4.69, 9.17) is 4.74 Å². The lowest BCUT2D eigenvalue weighted by Gasteiger charge is -2.20. The Labute approximate surface area is 136 Å². The number of nitrogens with zero attached hydrogens (tertiary/aromatic N) is 3. The molecule has 0 aliphatic carbocycles. The van der Waals surface area contributed by atoms with Crippen molar-refractivity contribution in [2.24, 2.45) is 0 Å². The van der Waals surface area contributed by atoms with Gasteiger partial charge in [0.25, 0.3) is 0 Å². The van der Waals surface area contributed by atoms with Crippen LogP contribution in [0.25, 0.3) is 11.3 Å². The fourth-order valence-electron chi connectivity index (χ4n) is 2.68. The average molecular weight is 314 g/mol. The highest BCUT2D eigenvalue weighted by Crippen LogP contribution is 2.37. The molecule has 3 rings (SSSR count). The number of carbonyl (C=O) groups is 1. The van der Waals surface area contributed by atoms with Gasteiger partial charge in [-0.2, -0.15) is 5.10 Å². The molecule has 122 valence electrons. The summed E-state index contributed by atoms with van der Waals surface area (Å²) in [6.45, 7) is 4.21. The number of amides is 1. The Kier molecular flexibility index (Phi) is 4.34. The molecule has 0 bridgehead atoms. The first kappa shape index (κ1) is 15.6. The van der Waals surface area contributed by atoms with Crippen LogP contribution < -0.4 is 10.1 Å². The smallest absolute Gasteiger partial charge is 0.241 e. The van der Waals surface area contributed by atoms with E-state index in [0.29, 0.717) is 13.2 Å². The minimum absolute atomic E-state index is 0.0292. The summed E-state index contributed by atoms with van der Waals surface area (Å²) in [4.78, 5) is 14.2. The normalized spacial score (nSPS) is 12.5. The minimum atomic E-state index is -0.0292. The van der Waals surface area contributed by atoms with E-state index in [0.717, 1.165) is 34.7 Å². The van der Waals surface area contributed by atoms with Crippen LogP contribution in [-0.2, 0) is 17.9 Å². The lowest BCUT2D eigenvalue weighted by Crippen LogP contribution is -2.34. The topological polar surface area (TPSA) is 59.4 Å². The first-order valence-corrected chi connectivity index (χ1v) is 7.74. The first-order valence-electron chi connectivity index (χ1n) is 7.74. The lowest BCUT2D eigenvalue weighted by atomic mass is 10.0. The molecule has 2 heterocycles. The monoisotopic (exact) mass is 314 g/mol. The van der Waals surface area contributed by atoms with Crippen molar-refractivity contribution in [3.8, 4) is 17.0 Å². The van der Waals surface area contributed by atoms with Crippen LogP contribution in [-0.4, -0.2) is 47.8 Å². The summed E-state index contributed by atoms with van der Waals surface area (Å²) >= 11 is 0. The number of benzene rings is 1. The molecule has 0 atom stereocenters. The van der Waals surface area contributed by atoms with Crippen molar-refractivity contribution >= 4 is 5.91 Å². The van der Waals surface area contributed by atoms with Gasteiger partial charge in [-0.25, -0.2) is 0 Å². The van der Waals surface area contributed by atoms with E-state index in [9.17, 15) is 4.79 Å². The third-order valence-electron chi connectivity index (χ3n) is 3.86. The summed E-state index contributed by atoms with van der Waals surface area (Å²) < 4.78 is 7.52. The second-order valence-electron chi connectivity index (χ2n) is 6.12. The van der Waals surface area contributed by atoms with Crippen LogP contribution in [0.1, 0.15) is 11.1 Å². The molecule has 1 aliphatic rings. The molecule has 0 saturated carbocycles. The second kappa shape index (κ2) is 6.42. The zero-order valence-electron chi connectivity index (χ0n) is 13.8. The fraction of sp³-hybridized carbons (Fsp3) is 0.412. The molecular formula is C17H22N4O2.